The molecule has 0 spiro atoms. The number of hydrogen-bond acceptors (Lipinski definition) is 4. The highest BCUT2D eigenvalue weighted by Crippen LogP contribution is 2.29. The van der Waals surface area contributed by atoms with Gasteiger partial charge in [-0.2, -0.15) is 0 Å². The number of nitrogens with one attached hydrogen (secondary N) is 1. The minimum Gasteiger partial charge on any atom is -0.393 e. The van der Waals surface area contributed by atoms with Crippen LogP contribution in [0.1, 0.15) is 10.4 Å². The van der Waals surface area contributed by atoms with Gasteiger partial charge >= 0.3 is 0 Å². The first-order chi connectivity index (χ1) is 9.88. The highest BCUT2D eigenvalue weighted by molar-refractivity contribution is 9.10. The molecule has 2 rings (SSSR count). The number of amides is 1. The summed E-state index contributed by atoms with van der Waals surface area (Å²) >= 11 is 9.20. The first kappa shape index (κ1) is 15.3. The fourth-order valence-corrected chi connectivity index (χ4v) is 2.16. The van der Waals surface area contributed by atoms with Crippen LogP contribution in [0.2, 0.25) is 5.02 Å². The Morgan fingerprint density at radius 2 is 1.90 bits per heavy atom. The number of hydrogen-bond donors (Lipinski definition) is 2. The van der Waals surface area contributed by atoms with Gasteiger partial charge in [0.1, 0.15) is 5.69 Å². The fraction of sp³-hybridized carbons (Fsp3) is 0. The summed E-state index contributed by atoms with van der Waals surface area (Å²) in [5.74, 6) is -0.551. The molecular weight excluding hydrogens is 362 g/mol. The molecule has 0 aliphatic heterocycles. The lowest BCUT2D eigenvalue weighted by Gasteiger charge is -2.08. The Balaban J connectivity index is 2.32. The lowest BCUT2D eigenvalue weighted by Crippen LogP contribution is -2.13. The molecule has 0 saturated heterocycles. The summed E-state index contributed by atoms with van der Waals surface area (Å²) < 4.78 is 0.863. The van der Waals surface area contributed by atoms with Gasteiger partial charge in [0.05, 0.1) is 15.5 Å². The van der Waals surface area contributed by atoms with Crippen LogP contribution in [-0.4, -0.2) is 10.8 Å². The molecule has 0 saturated carbocycles. The number of carbonyl (C=O) groups is 1. The standard InChI is InChI=1S/C13H9BrClN3O3/c14-7-1-3-8(4-2-7)17-13(19)9-5-12(18(20)21)11(16)6-10(9)15/h1-6H,16H2,(H,17,19). The zero-order valence-corrected chi connectivity index (χ0v) is 12.8. The number of nitrogen functional groups attached to an aromatic ring is 1. The second-order valence-corrected chi connectivity index (χ2v) is 5.43. The third kappa shape index (κ3) is 3.50. The van der Waals surface area contributed by atoms with Crippen molar-refractivity contribution in [3.05, 3.63) is 61.6 Å². The molecule has 0 aliphatic carbocycles. The van der Waals surface area contributed by atoms with E-state index in [1.54, 1.807) is 24.3 Å². The van der Waals surface area contributed by atoms with E-state index in [1.165, 1.54) is 6.07 Å². The van der Waals surface area contributed by atoms with E-state index >= 15 is 0 Å². The molecule has 0 atom stereocenters. The Morgan fingerprint density at radius 1 is 1.29 bits per heavy atom. The van der Waals surface area contributed by atoms with Gasteiger partial charge in [0, 0.05) is 16.2 Å². The quantitative estimate of drug-likeness (QED) is 0.487. The molecule has 3 N–H and O–H groups in total. The zero-order chi connectivity index (χ0) is 15.6. The monoisotopic (exact) mass is 369 g/mol. The summed E-state index contributed by atoms with van der Waals surface area (Å²) in [4.78, 5) is 22.3. The van der Waals surface area contributed by atoms with Gasteiger partial charge in [-0.25, -0.2) is 0 Å². The van der Waals surface area contributed by atoms with Crippen molar-refractivity contribution >= 4 is 50.5 Å². The Morgan fingerprint density at radius 3 is 2.48 bits per heavy atom. The molecule has 8 heteroatoms. The van der Waals surface area contributed by atoms with Crippen LogP contribution in [0.5, 0.6) is 0 Å². The smallest absolute Gasteiger partial charge is 0.293 e. The van der Waals surface area contributed by atoms with E-state index in [9.17, 15) is 14.9 Å². The molecule has 0 bridgehead atoms. The predicted molar refractivity (Wildman–Crippen MR) is 84.6 cm³/mol. The topological polar surface area (TPSA) is 98.3 Å². The van der Waals surface area contributed by atoms with Crippen LogP contribution in [0, 0.1) is 10.1 Å². The van der Waals surface area contributed by atoms with Gasteiger partial charge in [0.25, 0.3) is 11.6 Å². The van der Waals surface area contributed by atoms with Crippen molar-refractivity contribution in [2.45, 2.75) is 0 Å². The van der Waals surface area contributed by atoms with E-state index in [-0.39, 0.29) is 22.0 Å². The number of carbonyl (C=O) groups excluding carboxylic acids is 1. The van der Waals surface area contributed by atoms with Crippen LogP contribution in [0.25, 0.3) is 0 Å². The Kier molecular flexibility index (Phi) is 4.44. The Labute approximate surface area is 133 Å². The van der Waals surface area contributed by atoms with Gasteiger partial charge in [-0.05, 0) is 30.3 Å². The van der Waals surface area contributed by atoms with E-state index in [2.05, 4.69) is 21.2 Å². The molecule has 1 amide bonds. The third-order valence-electron chi connectivity index (χ3n) is 2.66. The molecule has 108 valence electrons. The van der Waals surface area contributed by atoms with E-state index in [0.717, 1.165) is 10.5 Å². The number of benzene rings is 2. The van der Waals surface area contributed by atoms with Crippen molar-refractivity contribution in [1.29, 1.82) is 0 Å². The molecule has 2 aromatic carbocycles. The van der Waals surface area contributed by atoms with E-state index < -0.39 is 10.8 Å². The molecule has 0 aromatic heterocycles. The first-order valence-electron chi connectivity index (χ1n) is 5.69. The SMILES string of the molecule is Nc1cc(Cl)c(C(=O)Nc2ccc(Br)cc2)cc1[N+](=O)[O-]. The van der Waals surface area contributed by atoms with E-state index in [0.29, 0.717) is 5.69 Å². The Bertz CT molecular complexity index is 719. The van der Waals surface area contributed by atoms with Crippen molar-refractivity contribution in [1.82, 2.24) is 0 Å². The second-order valence-electron chi connectivity index (χ2n) is 4.11. The van der Waals surface area contributed by atoms with Crippen molar-refractivity contribution in [2.24, 2.45) is 0 Å². The predicted octanol–water partition coefficient (Wildman–Crippen LogP) is 3.85. The lowest BCUT2D eigenvalue weighted by atomic mass is 10.1. The summed E-state index contributed by atoms with van der Waals surface area (Å²) in [5.41, 5.74) is 5.57. The zero-order valence-electron chi connectivity index (χ0n) is 10.5. The summed E-state index contributed by atoms with van der Waals surface area (Å²) in [5, 5.41) is 13.5. The van der Waals surface area contributed by atoms with Crippen LogP contribution in [0.3, 0.4) is 0 Å². The highest BCUT2D eigenvalue weighted by Gasteiger charge is 2.19. The number of anilines is 2. The van der Waals surface area contributed by atoms with Crippen LogP contribution in [0.4, 0.5) is 17.1 Å². The molecule has 0 radical (unpaired) electrons. The maximum atomic E-state index is 12.1. The summed E-state index contributed by atoms with van der Waals surface area (Å²) in [6, 6.07) is 9.12. The largest absolute Gasteiger partial charge is 0.393 e. The number of halogens is 2. The highest BCUT2D eigenvalue weighted by atomic mass is 79.9. The molecular formula is C13H9BrClN3O3. The van der Waals surface area contributed by atoms with Crippen molar-refractivity contribution in [3.8, 4) is 0 Å². The van der Waals surface area contributed by atoms with Gasteiger partial charge in [-0.1, -0.05) is 27.5 Å². The minimum absolute atomic E-state index is 0.0134. The fourth-order valence-electron chi connectivity index (χ4n) is 1.64. The molecule has 2 aromatic rings. The molecule has 0 unspecified atom stereocenters. The minimum atomic E-state index is -0.665. The van der Waals surface area contributed by atoms with Crippen LogP contribution >= 0.6 is 27.5 Å². The van der Waals surface area contributed by atoms with Gasteiger partial charge in [-0.15, -0.1) is 0 Å². The average molecular weight is 371 g/mol. The lowest BCUT2D eigenvalue weighted by molar-refractivity contribution is -0.383. The van der Waals surface area contributed by atoms with Crippen LogP contribution in [-0.2, 0) is 0 Å². The normalized spacial score (nSPS) is 10.2. The summed E-state index contributed by atoms with van der Waals surface area (Å²) in [6.45, 7) is 0. The van der Waals surface area contributed by atoms with Crippen LogP contribution < -0.4 is 11.1 Å². The molecule has 6 nitrogen and oxygen atoms in total. The van der Waals surface area contributed by atoms with Crippen molar-refractivity contribution in [2.75, 3.05) is 11.1 Å². The molecule has 21 heavy (non-hydrogen) atoms. The average Bonchev–Trinajstić information content (AvgIpc) is 2.40. The number of nitrogens with two attached hydrogens (primary N) is 1. The second kappa shape index (κ2) is 6.11. The van der Waals surface area contributed by atoms with Crippen molar-refractivity contribution < 1.29 is 9.72 Å². The summed E-state index contributed by atoms with van der Waals surface area (Å²) in [6.07, 6.45) is 0. The van der Waals surface area contributed by atoms with E-state index in [4.69, 9.17) is 17.3 Å². The van der Waals surface area contributed by atoms with Gasteiger partial charge < -0.3 is 11.1 Å². The molecule has 0 aliphatic rings. The van der Waals surface area contributed by atoms with Gasteiger partial charge in [0.2, 0.25) is 0 Å². The third-order valence-corrected chi connectivity index (χ3v) is 3.50. The Hall–Kier alpha value is -2.12. The number of nitrogens with zero attached hydrogens (tertiary/aromatic N) is 1. The number of nitro groups is 1. The maximum absolute atomic E-state index is 12.1. The van der Waals surface area contributed by atoms with Gasteiger partial charge in [0.15, 0.2) is 0 Å². The maximum Gasteiger partial charge on any atom is 0.293 e. The van der Waals surface area contributed by atoms with Crippen molar-refractivity contribution in [3.63, 3.8) is 0 Å². The van der Waals surface area contributed by atoms with Gasteiger partial charge in [-0.3, -0.25) is 14.9 Å². The number of nitro benzene ring substituents is 1. The first-order valence-corrected chi connectivity index (χ1v) is 6.86. The van der Waals surface area contributed by atoms with Crippen LogP contribution in [0.15, 0.2) is 40.9 Å². The summed E-state index contributed by atoms with van der Waals surface area (Å²) in [7, 11) is 0. The molecule has 0 heterocycles. The van der Waals surface area contributed by atoms with E-state index in [1.807, 2.05) is 0 Å². The number of rotatable bonds is 3. The molecule has 0 fully saturated rings.